The molecule has 13 heavy (non-hydrogen) atoms. The molecule has 1 saturated heterocycles. The van der Waals surface area contributed by atoms with Gasteiger partial charge in [0.2, 0.25) is 0 Å². The molecule has 70 valence electrons. The van der Waals surface area contributed by atoms with Crippen LogP contribution in [0, 0.1) is 6.92 Å². The molecule has 0 aliphatic carbocycles. The van der Waals surface area contributed by atoms with Gasteiger partial charge in [0.25, 0.3) is 0 Å². The minimum absolute atomic E-state index is 1.05. The molecule has 0 saturated carbocycles. The summed E-state index contributed by atoms with van der Waals surface area (Å²) in [5.41, 5.74) is 0. The summed E-state index contributed by atoms with van der Waals surface area (Å²) in [6.07, 6.45) is 2.59. The Hall–Kier alpha value is -0.410. The summed E-state index contributed by atoms with van der Waals surface area (Å²) < 4.78 is 0. The van der Waals surface area contributed by atoms with E-state index in [-0.39, 0.29) is 0 Å². The molecule has 2 heterocycles. The van der Waals surface area contributed by atoms with Crippen molar-refractivity contribution in [2.75, 3.05) is 13.1 Å². The average molecular weight is 211 g/mol. The van der Waals surface area contributed by atoms with Crippen LogP contribution in [0.25, 0.3) is 0 Å². The van der Waals surface area contributed by atoms with E-state index in [1.54, 1.807) is 11.3 Å². The predicted molar refractivity (Wildman–Crippen MR) is 61.6 cm³/mol. The van der Waals surface area contributed by atoms with Gasteiger partial charge in [0.15, 0.2) is 0 Å². The third-order valence-corrected chi connectivity index (χ3v) is 3.96. The highest BCUT2D eigenvalue weighted by Crippen LogP contribution is 2.20. The minimum Gasteiger partial charge on any atom is -0.362 e. The Kier molecular flexibility index (Phi) is 2.65. The van der Waals surface area contributed by atoms with Gasteiger partial charge >= 0.3 is 0 Å². The Balaban J connectivity index is 2.12. The Morgan fingerprint density at radius 3 is 2.62 bits per heavy atom. The van der Waals surface area contributed by atoms with Gasteiger partial charge in [0.1, 0.15) is 4.99 Å². The number of thiophene rings is 1. The highest BCUT2D eigenvalue weighted by atomic mass is 32.1. The van der Waals surface area contributed by atoms with Gasteiger partial charge in [0, 0.05) is 18.0 Å². The summed E-state index contributed by atoms with van der Waals surface area (Å²) in [6.45, 7) is 4.42. The highest BCUT2D eigenvalue weighted by Gasteiger charge is 2.16. The standard InChI is InChI=1S/C10H13NS2/c1-8-4-5-9(13-8)10(12)11-6-2-3-7-11/h4-5H,2-3,6-7H2,1H3. The molecule has 0 atom stereocenters. The van der Waals surface area contributed by atoms with Crippen LogP contribution >= 0.6 is 23.6 Å². The average Bonchev–Trinajstić information content (AvgIpc) is 2.72. The zero-order valence-corrected chi connectivity index (χ0v) is 9.38. The van der Waals surface area contributed by atoms with Gasteiger partial charge in [0.05, 0.1) is 4.88 Å². The molecule has 1 fully saturated rings. The van der Waals surface area contributed by atoms with Crippen molar-refractivity contribution < 1.29 is 0 Å². The van der Waals surface area contributed by atoms with E-state index in [0.717, 1.165) is 18.1 Å². The van der Waals surface area contributed by atoms with E-state index in [0.29, 0.717) is 0 Å². The lowest BCUT2D eigenvalue weighted by molar-refractivity contribution is 0.531. The molecule has 0 spiro atoms. The maximum absolute atomic E-state index is 5.43. The largest absolute Gasteiger partial charge is 0.362 e. The quantitative estimate of drug-likeness (QED) is 0.657. The third kappa shape index (κ3) is 1.92. The second kappa shape index (κ2) is 3.76. The van der Waals surface area contributed by atoms with Crippen molar-refractivity contribution in [2.45, 2.75) is 19.8 Å². The fourth-order valence-corrected chi connectivity index (χ4v) is 2.84. The van der Waals surface area contributed by atoms with Crippen LogP contribution in [-0.2, 0) is 0 Å². The zero-order valence-electron chi connectivity index (χ0n) is 7.75. The Bertz CT molecular complexity index is 310. The van der Waals surface area contributed by atoms with E-state index in [9.17, 15) is 0 Å². The van der Waals surface area contributed by atoms with Crippen LogP contribution in [0.2, 0.25) is 0 Å². The van der Waals surface area contributed by atoms with E-state index >= 15 is 0 Å². The molecule has 0 N–H and O–H groups in total. The first-order valence-electron chi connectivity index (χ1n) is 4.63. The summed E-state index contributed by atoms with van der Waals surface area (Å²) in [7, 11) is 0. The molecule has 2 rings (SSSR count). The zero-order chi connectivity index (χ0) is 9.26. The molecule has 1 aliphatic heterocycles. The van der Waals surface area contributed by atoms with E-state index in [1.807, 2.05) is 0 Å². The van der Waals surface area contributed by atoms with Crippen molar-refractivity contribution in [2.24, 2.45) is 0 Å². The van der Waals surface area contributed by atoms with Crippen molar-refractivity contribution in [3.8, 4) is 0 Å². The van der Waals surface area contributed by atoms with Crippen molar-refractivity contribution in [1.82, 2.24) is 4.90 Å². The molecular formula is C10H13NS2. The molecule has 0 bridgehead atoms. The summed E-state index contributed by atoms with van der Waals surface area (Å²) in [5.74, 6) is 0. The molecule has 0 radical (unpaired) electrons. The second-order valence-corrected chi connectivity index (χ2v) is 5.08. The summed E-state index contributed by atoms with van der Waals surface area (Å²) >= 11 is 7.23. The number of hydrogen-bond donors (Lipinski definition) is 0. The fourth-order valence-electron chi connectivity index (χ4n) is 1.63. The SMILES string of the molecule is Cc1ccc(C(=S)N2CCCC2)s1. The summed E-state index contributed by atoms with van der Waals surface area (Å²) in [4.78, 5) is 5.97. The molecule has 1 nitrogen and oxygen atoms in total. The second-order valence-electron chi connectivity index (χ2n) is 3.41. The van der Waals surface area contributed by atoms with Gasteiger partial charge in [-0.1, -0.05) is 12.2 Å². The van der Waals surface area contributed by atoms with Gasteiger partial charge < -0.3 is 4.90 Å². The minimum atomic E-state index is 1.05. The van der Waals surface area contributed by atoms with Crippen molar-refractivity contribution in [1.29, 1.82) is 0 Å². The molecular weight excluding hydrogens is 198 g/mol. The lowest BCUT2D eigenvalue weighted by Crippen LogP contribution is -2.25. The van der Waals surface area contributed by atoms with Crippen LogP contribution in [0.3, 0.4) is 0 Å². The number of likely N-dealkylation sites (tertiary alicyclic amines) is 1. The Morgan fingerprint density at radius 1 is 1.38 bits per heavy atom. The van der Waals surface area contributed by atoms with Gasteiger partial charge in [-0.2, -0.15) is 0 Å². The van der Waals surface area contributed by atoms with E-state index in [1.165, 1.54) is 22.6 Å². The van der Waals surface area contributed by atoms with E-state index < -0.39 is 0 Å². The van der Waals surface area contributed by atoms with Crippen molar-refractivity contribution in [3.05, 3.63) is 21.9 Å². The van der Waals surface area contributed by atoms with Gasteiger partial charge in [-0.3, -0.25) is 0 Å². The molecule has 0 aromatic carbocycles. The number of aryl methyl sites for hydroxylation is 1. The summed E-state index contributed by atoms with van der Waals surface area (Å²) in [5, 5.41) is 0. The Labute approximate surface area is 88.4 Å². The Morgan fingerprint density at radius 2 is 2.08 bits per heavy atom. The third-order valence-electron chi connectivity index (χ3n) is 2.34. The maximum Gasteiger partial charge on any atom is 0.119 e. The molecule has 0 amide bonds. The van der Waals surface area contributed by atoms with Crippen LogP contribution in [0.4, 0.5) is 0 Å². The topological polar surface area (TPSA) is 3.24 Å². The fraction of sp³-hybridized carbons (Fsp3) is 0.500. The number of hydrogen-bond acceptors (Lipinski definition) is 2. The molecule has 3 heteroatoms. The van der Waals surface area contributed by atoms with E-state index in [2.05, 4.69) is 24.0 Å². The lowest BCUT2D eigenvalue weighted by atomic mass is 10.4. The molecule has 1 aliphatic rings. The van der Waals surface area contributed by atoms with Crippen molar-refractivity contribution in [3.63, 3.8) is 0 Å². The maximum atomic E-state index is 5.43. The molecule has 1 aromatic rings. The van der Waals surface area contributed by atoms with Gasteiger partial charge in [-0.05, 0) is 31.9 Å². The van der Waals surface area contributed by atoms with Crippen molar-refractivity contribution >= 4 is 28.5 Å². The molecule has 1 aromatic heterocycles. The first kappa shape index (κ1) is 9.16. The lowest BCUT2D eigenvalue weighted by Gasteiger charge is -2.16. The molecule has 0 unspecified atom stereocenters. The van der Waals surface area contributed by atoms with E-state index in [4.69, 9.17) is 12.2 Å². The first-order chi connectivity index (χ1) is 6.27. The van der Waals surface area contributed by atoms with Crippen LogP contribution in [0.1, 0.15) is 22.6 Å². The smallest absolute Gasteiger partial charge is 0.119 e. The first-order valence-corrected chi connectivity index (χ1v) is 5.85. The number of rotatable bonds is 1. The monoisotopic (exact) mass is 211 g/mol. The van der Waals surface area contributed by atoms with Crippen LogP contribution in [0.5, 0.6) is 0 Å². The number of thiocarbonyl (C=S) groups is 1. The number of nitrogens with zero attached hydrogens (tertiary/aromatic N) is 1. The van der Waals surface area contributed by atoms with Gasteiger partial charge in [-0.15, -0.1) is 11.3 Å². The van der Waals surface area contributed by atoms with Crippen LogP contribution < -0.4 is 0 Å². The normalized spacial score (nSPS) is 16.5. The van der Waals surface area contributed by atoms with Crippen LogP contribution in [-0.4, -0.2) is 23.0 Å². The predicted octanol–water partition coefficient (Wildman–Crippen LogP) is 2.83. The summed E-state index contributed by atoms with van der Waals surface area (Å²) in [6, 6.07) is 4.28. The highest BCUT2D eigenvalue weighted by molar-refractivity contribution is 7.81. The van der Waals surface area contributed by atoms with Gasteiger partial charge in [-0.25, -0.2) is 0 Å². The van der Waals surface area contributed by atoms with Crippen LogP contribution in [0.15, 0.2) is 12.1 Å².